The lowest BCUT2D eigenvalue weighted by Crippen LogP contribution is -2.39. The van der Waals surface area contributed by atoms with Crippen molar-refractivity contribution >= 4 is 17.5 Å². The Morgan fingerprint density at radius 2 is 1.56 bits per heavy atom. The first-order valence-corrected chi connectivity index (χ1v) is 12.3. The van der Waals surface area contributed by atoms with E-state index in [9.17, 15) is 9.59 Å². The summed E-state index contributed by atoms with van der Waals surface area (Å²) in [6.45, 7) is 8.73. The van der Waals surface area contributed by atoms with Gasteiger partial charge in [0.05, 0.1) is 25.9 Å². The summed E-state index contributed by atoms with van der Waals surface area (Å²) in [6.07, 6.45) is 0. The fourth-order valence-electron chi connectivity index (χ4n) is 4.49. The topological polar surface area (TPSA) is 77.1 Å². The molecule has 0 radical (unpaired) electrons. The Morgan fingerprint density at radius 3 is 2.17 bits per heavy atom. The second-order valence-electron chi connectivity index (χ2n) is 8.49. The average Bonchev–Trinajstić information content (AvgIpc) is 3.01. The molecule has 1 aliphatic heterocycles. The Balaban J connectivity index is 1.87. The van der Waals surface area contributed by atoms with Crippen molar-refractivity contribution in [2.75, 3.05) is 31.7 Å². The number of aryl methyl sites for hydroxylation is 1. The maximum atomic E-state index is 14.2. The predicted molar refractivity (Wildman–Crippen MR) is 139 cm³/mol. The fraction of sp³-hybridized carbons (Fsp3) is 0.310. The van der Waals surface area contributed by atoms with Crippen molar-refractivity contribution < 1.29 is 23.8 Å². The summed E-state index contributed by atoms with van der Waals surface area (Å²) in [4.78, 5) is 28.7. The maximum absolute atomic E-state index is 14.2. The van der Waals surface area contributed by atoms with Gasteiger partial charge in [0.15, 0.2) is 11.5 Å². The smallest absolute Gasteiger partial charge is 0.255 e. The number of hydrogen-bond donors (Lipinski definition) is 1. The number of hydrogen-bond acceptors (Lipinski definition) is 5. The molecular formula is C29H32N2O5. The lowest BCUT2D eigenvalue weighted by Gasteiger charge is -2.31. The van der Waals surface area contributed by atoms with Gasteiger partial charge in [0, 0.05) is 16.8 Å². The molecule has 1 heterocycles. The molecule has 0 aromatic heterocycles. The van der Waals surface area contributed by atoms with E-state index in [-0.39, 0.29) is 18.4 Å². The molecule has 3 aromatic carbocycles. The highest BCUT2D eigenvalue weighted by Gasteiger charge is 2.35. The Kier molecular flexibility index (Phi) is 7.78. The molecule has 3 aromatic rings. The summed E-state index contributed by atoms with van der Waals surface area (Å²) >= 11 is 0. The quantitative estimate of drug-likeness (QED) is 0.461. The van der Waals surface area contributed by atoms with Gasteiger partial charge in [0.25, 0.3) is 5.91 Å². The van der Waals surface area contributed by atoms with E-state index in [0.717, 1.165) is 16.7 Å². The number of amides is 2. The minimum atomic E-state index is -0.467. The molecule has 7 nitrogen and oxygen atoms in total. The number of ether oxygens (including phenoxy) is 3. The third-order valence-electron chi connectivity index (χ3n) is 5.93. The molecule has 2 amide bonds. The summed E-state index contributed by atoms with van der Waals surface area (Å²) in [7, 11) is 0. The van der Waals surface area contributed by atoms with Gasteiger partial charge in [-0.25, -0.2) is 0 Å². The molecule has 7 heteroatoms. The molecule has 0 saturated carbocycles. The van der Waals surface area contributed by atoms with E-state index in [2.05, 4.69) is 5.32 Å². The van der Waals surface area contributed by atoms with E-state index in [4.69, 9.17) is 14.2 Å². The number of fused-ring (bicyclic) bond motifs is 1. The van der Waals surface area contributed by atoms with Gasteiger partial charge in [-0.2, -0.15) is 0 Å². The van der Waals surface area contributed by atoms with E-state index in [1.54, 1.807) is 17.0 Å². The third-order valence-corrected chi connectivity index (χ3v) is 5.93. The van der Waals surface area contributed by atoms with Crippen LogP contribution < -0.4 is 19.5 Å². The molecule has 0 bridgehead atoms. The molecule has 36 heavy (non-hydrogen) atoms. The van der Waals surface area contributed by atoms with Gasteiger partial charge in [-0.15, -0.1) is 0 Å². The first kappa shape index (κ1) is 25.1. The number of carbonyl (C=O) groups excluding carboxylic acids is 2. The van der Waals surface area contributed by atoms with Crippen LogP contribution in [0.3, 0.4) is 0 Å². The van der Waals surface area contributed by atoms with E-state index in [0.29, 0.717) is 48.3 Å². The van der Waals surface area contributed by atoms with Crippen LogP contribution in [0.4, 0.5) is 5.69 Å². The number of nitrogens with one attached hydrogen (secondary N) is 1. The minimum absolute atomic E-state index is 0.104. The average molecular weight is 489 g/mol. The number of carbonyl (C=O) groups is 2. The standard InChI is InChI=1S/C29H32N2O5/c1-5-34-24-16-21(17-25(35-6-2)28(24)36-7-3)29(33)31-18-26(32)30-23-14-13-19(4)15-22(23)27(31)20-11-9-8-10-12-20/h8-17,27H,5-7,18H2,1-4H3,(H,30,32)/t27-/m0/s1. The van der Waals surface area contributed by atoms with Crippen molar-refractivity contribution in [3.8, 4) is 17.2 Å². The largest absolute Gasteiger partial charge is 0.490 e. The number of anilines is 1. The Labute approximate surface area is 212 Å². The van der Waals surface area contributed by atoms with Crippen molar-refractivity contribution in [3.05, 3.63) is 82.9 Å². The highest BCUT2D eigenvalue weighted by molar-refractivity contribution is 6.02. The normalized spacial score (nSPS) is 14.9. The molecule has 0 spiro atoms. The minimum Gasteiger partial charge on any atom is -0.490 e. The zero-order valence-electron chi connectivity index (χ0n) is 21.2. The van der Waals surface area contributed by atoms with E-state index >= 15 is 0 Å². The Morgan fingerprint density at radius 1 is 0.917 bits per heavy atom. The summed E-state index contributed by atoms with van der Waals surface area (Å²) in [6, 6.07) is 18.5. The van der Waals surface area contributed by atoms with Gasteiger partial charge < -0.3 is 24.4 Å². The molecule has 1 atom stereocenters. The Hall–Kier alpha value is -4.00. The van der Waals surface area contributed by atoms with Gasteiger partial charge in [-0.05, 0) is 51.5 Å². The van der Waals surface area contributed by atoms with E-state index in [1.165, 1.54) is 0 Å². The molecule has 0 aliphatic carbocycles. The third kappa shape index (κ3) is 5.15. The molecule has 0 fully saturated rings. The maximum Gasteiger partial charge on any atom is 0.255 e. The summed E-state index contributed by atoms with van der Waals surface area (Å²) < 4.78 is 17.5. The van der Waals surface area contributed by atoms with Crippen LogP contribution in [-0.4, -0.2) is 43.1 Å². The van der Waals surface area contributed by atoms with Crippen LogP contribution in [0.15, 0.2) is 60.7 Å². The number of nitrogens with zero attached hydrogens (tertiary/aromatic N) is 1. The molecule has 4 rings (SSSR count). The van der Waals surface area contributed by atoms with Gasteiger partial charge in [-0.3, -0.25) is 9.59 Å². The van der Waals surface area contributed by atoms with E-state index in [1.807, 2.05) is 76.2 Å². The SMILES string of the molecule is CCOc1cc(C(=O)N2CC(=O)Nc3ccc(C)cc3[C@@H]2c2ccccc2)cc(OCC)c1OCC. The van der Waals surface area contributed by atoms with Gasteiger partial charge >= 0.3 is 0 Å². The van der Waals surface area contributed by atoms with Crippen molar-refractivity contribution in [3.63, 3.8) is 0 Å². The van der Waals surface area contributed by atoms with E-state index < -0.39 is 6.04 Å². The van der Waals surface area contributed by atoms with Crippen LogP contribution in [0.2, 0.25) is 0 Å². The molecule has 0 unspecified atom stereocenters. The first-order chi connectivity index (χ1) is 17.5. The monoisotopic (exact) mass is 488 g/mol. The van der Waals surface area contributed by atoms with Crippen molar-refractivity contribution in [2.45, 2.75) is 33.7 Å². The summed E-state index contributed by atoms with van der Waals surface area (Å²) in [5.41, 5.74) is 3.87. The van der Waals surface area contributed by atoms with Crippen molar-refractivity contribution in [1.82, 2.24) is 4.90 Å². The number of rotatable bonds is 8. The lowest BCUT2D eigenvalue weighted by molar-refractivity contribution is -0.117. The van der Waals surface area contributed by atoms with Crippen LogP contribution >= 0.6 is 0 Å². The summed E-state index contributed by atoms with van der Waals surface area (Å²) in [5.74, 6) is 0.763. The second kappa shape index (κ2) is 11.2. The van der Waals surface area contributed by atoms with Gasteiger partial charge in [0.2, 0.25) is 11.7 Å². The predicted octanol–water partition coefficient (Wildman–Crippen LogP) is 5.38. The fourth-order valence-corrected chi connectivity index (χ4v) is 4.49. The van der Waals surface area contributed by atoms with Crippen LogP contribution in [0.5, 0.6) is 17.2 Å². The molecule has 0 saturated heterocycles. The summed E-state index contributed by atoms with van der Waals surface area (Å²) in [5, 5.41) is 2.97. The molecule has 1 aliphatic rings. The Bertz CT molecular complexity index is 1210. The van der Waals surface area contributed by atoms with Crippen LogP contribution in [0.1, 0.15) is 53.9 Å². The molecular weight excluding hydrogens is 456 g/mol. The highest BCUT2D eigenvalue weighted by atomic mass is 16.5. The zero-order chi connectivity index (χ0) is 25.7. The molecule has 188 valence electrons. The zero-order valence-corrected chi connectivity index (χ0v) is 21.2. The second-order valence-corrected chi connectivity index (χ2v) is 8.49. The van der Waals surface area contributed by atoms with Crippen molar-refractivity contribution in [2.24, 2.45) is 0 Å². The first-order valence-electron chi connectivity index (χ1n) is 12.3. The number of benzene rings is 3. The van der Waals surface area contributed by atoms with Crippen LogP contribution in [0, 0.1) is 6.92 Å². The van der Waals surface area contributed by atoms with Crippen molar-refractivity contribution in [1.29, 1.82) is 0 Å². The molecule has 1 N–H and O–H groups in total. The van der Waals surface area contributed by atoms with Crippen LogP contribution in [-0.2, 0) is 4.79 Å². The lowest BCUT2D eigenvalue weighted by atomic mass is 9.94. The van der Waals surface area contributed by atoms with Gasteiger partial charge in [-0.1, -0.05) is 48.0 Å². The highest BCUT2D eigenvalue weighted by Crippen LogP contribution is 2.41. The van der Waals surface area contributed by atoms with Crippen LogP contribution in [0.25, 0.3) is 0 Å². The van der Waals surface area contributed by atoms with Gasteiger partial charge in [0.1, 0.15) is 6.54 Å².